The Hall–Kier alpha value is -2.88. The van der Waals surface area contributed by atoms with Crippen molar-refractivity contribution < 1.29 is 18.8 Å². The number of hydrogen-bond acceptors (Lipinski definition) is 5. The number of hydroxylamine groups is 1. The van der Waals surface area contributed by atoms with E-state index in [0.717, 1.165) is 48.7 Å². The molecule has 4 rings (SSSR count). The summed E-state index contributed by atoms with van der Waals surface area (Å²) in [5, 5.41) is 13.1. The maximum absolute atomic E-state index is 14.2. The lowest BCUT2D eigenvalue weighted by atomic mass is 10.1. The van der Waals surface area contributed by atoms with Crippen molar-refractivity contribution in [2.24, 2.45) is 0 Å². The highest BCUT2D eigenvalue weighted by Gasteiger charge is 2.15. The molecule has 31 heavy (non-hydrogen) atoms. The summed E-state index contributed by atoms with van der Waals surface area (Å²) >= 11 is 0. The van der Waals surface area contributed by atoms with Crippen molar-refractivity contribution in [1.29, 1.82) is 0 Å². The number of halogens is 2. The molecule has 0 spiro atoms. The van der Waals surface area contributed by atoms with Crippen molar-refractivity contribution >= 4 is 16.8 Å². The zero-order valence-corrected chi connectivity index (χ0v) is 17.1. The van der Waals surface area contributed by atoms with Crippen LogP contribution < -0.4 is 10.8 Å². The Kier molecular flexibility index (Phi) is 6.55. The topological polar surface area (TPSA) is 82.4 Å². The maximum atomic E-state index is 14.2. The highest BCUT2D eigenvalue weighted by Crippen LogP contribution is 2.24. The largest absolute Gasteiger partial charge is 0.341 e. The van der Waals surface area contributed by atoms with Crippen molar-refractivity contribution in [2.75, 3.05) is 26.2 Å². The van der Waals surface area contributed by atoms with Gasteiger partial charge in [-0.05, 0) is 43.6 Å². The van der Waals surface area contributed by atoms with Crippen LogP contribution in [0.3, 0.4) is 0 Å². The van der Waals surface area contributed by atoms with E-state index in [1.807, 2.05) is 10.8 Å². The fourth-order valence-electron chi connectivity index (χ4n) is 4.01. The Labute approximate surface area is 178 Å². The molecule has 3 N–H and O–H groups in total. The quantitative estimate of drug-likeness (QED) is 0.291. The van der Waals surface area contributed by atoms with Gasteiger partial charge in [0, 0.05) is 42.8 Å². The number of benzene rings is 1. The predicted molar refractivity (Wildman–Crippen MR) is 112 cm³/mol. The van der Waals surface area contributed by atoms with Gasteiger partial charge in [-0.3, -0.25) is 10.0 Å². The summed E-state index contributed by atoms with van der Waals surface area (Å²) in [5.41, 5.74) is 3.67. The third kappa shape index (κ3) is 4.90. The summed E-state index contributed by atoms with van der Waals surface area (Å²) < 4.78 is 29.3. The molecule has 0 radical (unpaired) electrons. The van der Waals surface area contributed by atoms with E-state index in [0.29, 0.717) is 12.1 Å². The van der Waals surface area contributed by atoms with Crippen molar-refractivity contribution in [3.63, 3.8) is 0 Å². The molecule has 0 atom stereocenters. The van der Waals surface area contributed by atoms with Gasteiger partial charge in [-0.25, -0.2) is 19.2 Å². The van der Waals surface area contributed by atoms with Crippen molar-refractivity contribution in [2.45, 2.75) is 25.9 Å². The van der Waals surface area contributed by atoms with E-state index in [1.54, 1.807) is 11.5 Å². The summed E-state index contributed by atoms with van der Waals surface area (Å²) in [6, 6.07) is 5.12. The van der Waals surface area contributed by atoms with Crippen LogP contribution in [0.25, 0.3) is 10.9 Å². The normalized spacial score (nSPS) is 14.4. The van der Waals surface area contributed by atoms with Crippen LogP contribution in [0.2, 0.25) is 0 Å². The van der Waals surface area contributed by atoms with Gasteiger partial charge >= 0.3 is 0 Å². The van der Waals surface area contributed by atoms with E-state index in [2.05, 4.69) is 15.2 Å². The molecule has 1 aliphatic rings. The lowest BCUT2D eigenvalue weighted by Gasteiger charge is -2.14. The average molecular weight is 429 g/mol. The van der Waals surface area contributed by atoms with Crippen LogP contribution in [0.5, 0.6) is 0 Å². The number of rotatable bonds is 8. The Morgan fingerprint density at radius 1 is 1.16 bits per heavy atom. The number of hydrogen-bond donors (Lipinski definition) is 3. The number of aromatic nitrogens is 2. The van der Waals surface area contributed by atoms with E-state index in [-0.39, 0.29) is 12.2 Å². The molecule has 0 aliphatic carbocycles. The molecule has 1 fully saturated rings. The van der Waals surface area contributed by atoms with Gasteiger partial charge in [0.1, 0.15) is 17.3 Å². The first kappa shape index (κ1) is 21.4. The lowest BCUT2D eigenvalue weighted by Crippen LogP contribution is -2.29. The number of amides is 1. The monoisotopic (exact) mass is 429 g/mol. The third-order valence-corrected chi connectivity index (χ3v) is 5.66. The number of fused-ring (bicyclic) bond motifs is 1. The van der Waals surface area contributed by atoms with Crippen molar-refractivity contribution in [3.05, 3.63) is 65.1 Å². The van der Waals surface area contributed by atoms with Crippen LogP contribution in [-0.4, -0.2) is 51.7 Å². The number of pyridine rings is 1. The molecule has 3 heterocycles. The molecule has 2 aromatic heterocycles. The van der Waals surface area contributed by atoms with Crippen LogP contribution in [0.4, 0.5) is 8.78 Å². The Balaban J connectivity index is 1.58. The summed E-state index contributed by atoms with van der Waals surface area (Å²) in [6.07, 6.45) is 5.90. The van der Waals surface area contributed by atoms with Crippen LogP contribution in [0.1, 0.15) is 34.5 Å². The van der Waals surface area contributed by atoms with Gasteiger partial charge in [-0.2, -0.15) is 0 Å². The van der Waals surface area contributed by atoms with Crippen LogP contribution in [0.15, 0.2) is 36.7 Å². The predicted octanol–water partition coefficient (Wildman–Crippen LogP) is 2.67. The minimum absolute atomic E-state index is 0.0824. The number of carbonyl (C=O) groups excluding carboxylic acids is 1. The Morgan fingerprint density at radius 2 is 1.97 bits per heavy atom. The summed E-state index contributed by atoms with van der Waals surface area (Å²) in [4.78, 5) is 18.3. The lowest BCUT2D eigenvalue weighted by molar-refractivity contribution is 0.0701. The second kappa shape index (κ2) is 9.51. The third-order valence-electron chi connectivity index (χ3n) is 5.66. The molecule has 3 aromatic rings. The second-order valence-electron chi connectivity index (χ2n) is 7.77. The summed E-state index contributed by atoms with van der Waals surface area (Å²) in [7, 11) is 0. The molecular weight excluding hydrogens is 404 g/mol. The van der Waals surface area contributed by atoms with Gasteiger partial charge in [0.05, 0.1) is 18.3 Å². The highest BCUT2D eigenvalue weighted by atomic mass is 19.1. The van der Waals surface area contributed by atoms with Gasteiger partial charge in [-0.1, -0.05) is 6.07 Å². The maximum Gasteiger partial charge on any atom is 0.293 e. The van der Waals surface area contributed by atoms with Crippen LogP contribution >= 0.6 is 0 Å². The first-order chi connectivity index (χ1) is 15.0. The summed E-state index contributed by atoms with van der Waals surface area (Å²) in [6.45, 7) is 4.83. The first-order valence-electron chi connectivity index (χ1n) is 10.3. The zero-order valence-electron chi connectivity index (χ0n) is 17.1. The molecule has 7 nitrogen and oxygen atoms in total. The first-order valence-corrected chi connectivity index (χ1v) is 10.3. The molecule has 164 valence electrons. The molecule has 1 aromatic carbocycles. The van der Waals surface area contributed by atoms with Gasteiger partial charge in [0.2, 0.25) is 0 Å². The second-order valence-corrected chi connectivity index (χ2v) is 7.77. The molecular formula is C22H25F2N5O2. The number of carbonyl (C=O) groups is 1. The fraction of sp³-hybridized carbons (Fsp3) is 0.364. The summed E-state index contributed by atoms with van der Waals surface area (Å²) in [5.74, 6) is -1.94. The number of nitrogens with one attached hydrogen (secondary N) is 2. The fourth-order valence-corrected chi connectivity index (χ4v) is 4.01. The zero-order chi connectivity index (χ0) is 21.8. The van der Waals surface area contributed by atoms with E-state index in [1.165, 1.54) is 31.2 Å². The SMILES string of the molecule is O=C(NO)c1cc2c(CNCCN3CCCC3)cn(Cc3ccc(F)cc3F)c2cn1. The van der Waals surface area contributed by atoms with Gasteiger partial charge < -0.3 is 14.8 Å². The van der Waals surface area contributed by atoms with Crippen LogP contribution in [-0.2, 0) is 13.1 Å². The smallest absolute Gasteiger partial charge is 0.293 e. The van der Waals surface area contributed by atoms with E-state index in [9.17, 15) is 13.6 Å². The highest BCUT2D eigenvalue weighted by molar-refractivity contribution is 5.96. The Bertz CT molecular complexity index is 1080. The van der Waals surface area contributed by atoms with Crippen molar-refractivity contribution in [3.8, 4) is 0 Å². The van der Waals surface area contributed by atoms with Crippen LogP contribution in [0, 0.1) is 11.6 Å². The molecule has 0 bridgehead atoms. The van der Waals surface area contributed by atoms with E-state index < -0.39 is 17.5 Å². The minimum Gasteiger partial charge on any atom is -0.341 e. The number of nitrogens with zero attached hydrogens (tertiary/aromatic N) is 3. The van der Waals surface area contributed by atoms with Crippen molar-refractivity contribution in [1.82, 2.24) is 25.2 Å². The molecule has 1 aliphatic heterocycles. The van der Waals surface area contributed by atoms with E-state index >= 15 is 0 Å². The standard InChI is InChI=1S/C22H25F2N5O2/c23-17-4-3-15(19(24)9-17)13-29-14-16(11-25-5-8-28-6-1-2-7-28)18-10-20(22(30)27-31)26-12-21(18)29/h3-4,9-10,12,14,25,31H,1-2,5-8,11,13H2,(H,27,30). The molecule has 9 heteroatoms. The molecule has 1 saturated heterocycles. The number of likely N-dealkylation sites (tertiary alicyclic amines) is 1. The Morgan fingerprint density at radius 3 is 2.71 bits per heavy atom. The van der Waals surface area contributed by atoms with Gasteiger partial charge in [0.25, 0.3) is 5.91 Å². The van der Waals surface area contributed by atoms with Gasteiger partial charge in [-0.15, -0.1) is 0 Å². The molecule has 0 unspecified atom stereocenters. The van der Waals surface area contributed by atoms with E-state index in [4.69, 9.17) is 5.21 Å². The van der Waals surface area contributed by atoms with Gasteiger partial charge in [0.15, 0.2) is 0 Å². The minimum atomic E-state index is -0.702. The average Bonchev–Trinajstić information content (AvgIpc) is 3.40. The molecule has 1 amide bonds. The molecule has 0 saturated carbocycles.